The molecule has 1 atom stereocenters. The van der Waals surface area contributed by atoms with Gasteiger partial charge in [0.2, 0.25) is 0 Å². The van der Waals surface area contributed by atoms with Crippen molar-refractivity contribution < 1.29 is 13.6 Å². The van der Waals surface area contributed by atoms with E-state index in [1.54, 1.807) is 0 Å². The molecule has 4 heteroatoms. The van der Waals surface area contributed by atoms with Gasteiger partial charge in [-0.15, -0.1) is 0 Å². The molecule has 2 rings (SSSR count). The fourth-order valence-electron chi connectivity index (χ4n) is 2.08. The summed E-state index contributed by atoms with van der Waals surface area (Å²) in [5, 5.41) is 2.69. The van der Waals surface area contributed by atoms with E-state index in [0.717, 1.165) is 18.9 Å². The van der Waals surface area contributed by atoms with E-state index in [-0.39, 0.29) is 11.6 Å². The second-order valence-corrected chi connectivity index (χ2v) is 5.00. The number of carbonyl (C=O) groups is 1. The van der Waals surface area contributed by atoms with Crippen molar-refractivity contribution in [1.29, 1.82) is 0 Å². The molecule has 0 aromatic heterocycles. The van der Waals surface area contributed by atoms with Gasteiger partial charge in [-0.1, -0.05) is 36.4 Å². The lowest BCUT2D eigenvalue weighted by Gasteiger charge is -2.14. The third-order valence-electron chi connectivity index (χ3n) is 3.28. The molecule has 110 valence electrons. The Balaban J connectivity index is 1.92. The maximum absolute atomic E-state index is 13.5. The van der Waals surface area contributed by atoms with Crippen molar-refractivity contribution in [1.82, 2.24) is 5.32 Å². The fraction of sp³-hybridized carbons (Fsp3) is 0.235. The molecule has 0 radical (unpaired) electrons. The van der Waals surface area contributed by atoms with Crippen LogP contribution in [0.2, 0.25) is 0 Å². The molecule has 2 aromatic carbocycles. The lowest BCUT2D eigenvalue weighted by molar-refractivity contribution is 0.0933. The Morgan fingerprint density at radius 1 is 1.10 bits per heavy atom. The van der Waals surface area contributed by atoms with Gasteiger partial charge in [0, 0.05) is 6.04 Å². The Labute approximate surface area is 122 Å². The van der Waals surface area contributed by atoms with Crippen molar-refractivity contribution in [3.63, 3.8) is 0 Å². The summed E-state index contributed by atoms with van der Waals surface area (Å²) in [6.45, 7) is 1.85. The number of hydrogen-bond donors (Lipinski definition) is 1. The number of aryl methyl sites for hydroxylation is 1. The van der Waals surface area contributed by atoms with Crippen LogP contribution in [0.25, 0.3) is 0 Å². The van der Waals surface area contributed by atoms with Crippen LogP contribution in [0.15, 0.2) is 48.5 Å². The smallest absolute Gasteiger partial charge is 0.254 e. The van der Waals surface area contributed by atoms with Crippen molar-refractivity contribution in [3.05, 3.63) is 71.3 Å². The second kappa shape index (κ2) is 6.97. The first kappa shape index (κ1) is 15.2. The molecule has 21 heavy (non-hydrogen) atoms. The third kappa shape index (κ3) is 4.12. The third-order valence-corrected chi connectivity index (χ3v) is 3.28. The van der Waals surface area contributed by atoms with E-state index in [4.69, 9.17) is 0 Å². The number of hydrogen-bond acceptors (Lipinski definition) is 1. The van der Waals surface area contributed by atoms with E-state index in [2.05, 4.69) is 5.32 Å². The lowest BCUT2D eigenvalue weighted by Crippen LogP contribution is -2.33. The molecule has 1 amide bonds. The van der Waals surface area contributed by atoms with Crippen LogP contribution in [0.3, 0.4) is 0 Å². The lowest BCUT2D eigenvalue weighted by atomic mass is 10.1. The van der Waals surface area contributed by atoms with Crippen LogP contribution in [-0.2, 0) is 6.42 Å². The van der Waals surface area contributed by atoms with Gasteiger partial charge in [0.05, 0.1) is 5.56 Å². The minimum absolute atomic E-state index is 0.125. The highest BCUT2D eigenvalue weighted by molar-refractivity contribution is 5.94. The van der Waals surface area contributed by atoms with Gasteiger partial charge in [-0.2, -0.15) is 0 Å². The van der Waals surface area contributed by atoms with E-state index in [9.17, 15) is 13.6 Å². The first-order valence-electron chi connectivity index (χ1n) is 6.86. The highest BCUT2D eigenvalue weighted by Gasteiger charge is 2.16. The molecule has 0 spiro atoms. The van der Waals surface area contributed by atoms with Crippen LogP contribution in [-0.4, -0.2) is 11.9 Å². The van der Waals surface area contributed by atoms with Crippen LogP contribution in [0, 0.1) is 11.6 Å². The molecule has 2 nitrogen and oxygen atoms in total. The minimum Gasteiger partial charge on any atom is -0.349 e. The minimum atomic E-state index is -1.11. The average Bonchev–Trinajstić information content (AvgIpc) is 2.49. The normalized spacial score (nSPS) is 12.0. The Kier molecular flexibility index (Phi) is 5.04. The summed E-state index contributed by atoms with van der Waals surface area (Å²) in [4.78, 5) is 11.9. The van der Waals surface area contributed by atoms with Crippen molar-refractivity contribution in [2.45, 2.75) is 25.8 Å². The largest absolute Gasteiger partial charge is 0.349 e. The van der Waals surface area contributed by atoms with Gasteiger partial charge < -0.3 is 5.32 Å². The summed E-state index contributed by atoms with van der Waals surface area (Å²) in [6.07, 6.45) is 1.54. The number of nitrogens with one attached hydrogen (secondary N) is 1. The number of benzene rings is 2. The van der Waals surface area contributed by atoms with Crippen molar-refractivity contribution in [2.24, 2.45) is 0 Å². The topological polar surface area (TPSA) is 29.1 Å². The van der Waals surface area contributed by atoms with Crippen LogP contribution < -0.4 is 5.32 Å². The molecular formula is C17H17F2NO. The molecule has 0 aliphatic heterocycles. The second-order valence-electron chi connectivity index (χ2n) is 5.00. The SMILES string of the molecule is CC(CCc1ccccc1)NC(=O)c1cccc(F)c1F. The summed E-state index contributed by atoms with van der Waals surface area (Å²) in [5.74, 6) is -2.71. The zero-order valence-electron chi connectivity index (χ0n) is 11.8. The number of amides is 1. The van der Waals surface area contributed by atoms with E-state index in [0.29, 0.717) is 0 Å². The summed E-state index contributed by atoms with van der Waals surface area (Å²) >= 11 is 0. The molecule has 0 heterocycles. The molecular weight excluding hydrogens is 272 g/mol. The molecule has 0 fully saturated rings. The van der Waals surface area contributed by atoms with Gasteiger partial charge in [0.1, 0.15) is 0 Å². The zero-order chi connectivity index (χ0) is 15.2. The standard InChI is InChI=1S/C17H17F2NO/c1-12(10-11-13-6-3-2-4-7-13)20-17(21)14-8-5-9-15(18)16(14)19/h2-9,12H,10-11H2,1H3,(H,20,21). The number of rotatable bonds is 5. The maximum atomic E-state index is 13.5. The van der Waals surface area contributed by atoms with E-state index < -0.39 is 17.5 Å². The summed E-state index contributed by atoms with van der Waals surface area (Å²) < 4.78 is 26.6. The van der Waals surface area contributed by atoms with Crippen LogP contribution in [0.1, 0.15) is 29.3 Å². The molecule has 2 aromatic rings. The van der Waals surface area contributed by atoms with Crippen LogP contribution in [0.5, 0.6) is 0 Å². The summed E-state index contributed by atoms with van der Waals surface area (Å²) in [7, 11) is 0. The summed E-state index contributed by atoms with van der Waals surface area (Å²) in [5.41, 5.74) is 0.914. The summed E-state index contributed by atoms with van der Waals surface area (Å²) in [6, 6.07) is 13.4. The average molecular weight is 289 g/mol. The highest BCUT2D eigenvalue weighted by atomic mass is 19.2. The predicted molar refractivity (Wildman–Crippen MR) is 78.0 cm³/mol. The maximum Gasteiger partial charge on any atom is 0.254 e. The molecule has 0 saturated carbocycles. The van der Waals surface area contributed by atoms with E-state index in [1.165, 1.54) is 17.7 Å². The van der Waals surface area contributed by atoms with Gasteiger partial charge in [-0.25, -0.2) is 8.78 Å². The Morgan fingerprint density at radius 3 is 2.52 bits per heavy atom. The van der Waals surface area contributed by atoms with Crippen LogP contribution >= 0.6 is 0 Å². The van der Waals surface area contributed by atoms with Crippen molar-refractivity contribution in [2.75, 3.05) is 0 Å². The Bertz CT molecular complexity index is 613. The van der Waals surface area contributed by atoms with Crippen molar-refractivity contribution >= 4 is 5.91 Å². The number of carbonyl (C=O) groups excluding carboxylic acids is 1. The Morgan fingerprint density at radius 2 is 1.81 bits per heavy atom. The molecule has 0 saturated heterocycles. The first-order valence-corrected chi connectivity index (χ1v) is 6.86. The van der Waals surface area contributed by atoms with Gasteiger partial charge in [-0.05, 0) is 37.5 Å². The van der Waals surface area contributed by atoms with Gasteiger partial charge in [-0.3, -0.25) is 4.79 Å². The highest BCUT2D eigenvalue weighted by Crippen LogP contribution is 2.12. The molecule has 0 aliphatic rings. The van der Waals surface area contributed by atoms with Gasteiger partial charge >= 0.3 is 0 Å². The van der Waals surface area contributed by atoms with Gasteiger partial charge in [0.25, 0.3) is 5.91 Å². The quantitative estimate of drug-likeness (QED) is 0.893. The fourth-order valence-corrected chi connectivity index (χ4v) is 2.08. The van der Waals surface area contributed by atoms with Crippen LogP contribution in [0.4, 0.5) is 8.78 Å². The van der Waals surface area contributed by atoms with E-state index in [1.807, 2.05) is 37.3 Å². The van der Waals surface area contributed by atoms with Gasteiger partial charge in [0.15, 0.2) is 11.6 Å². The molecule has 1 N–H and O–H groups in total. The predicted octanol–water partition coefficient (Wildman–Crippen LogP) is 3.72. The zero-order valence-corrected chi connectivity index (χ0v) is 11.8. The molecule has 0 aliphatic carbocycles. The monoisotopic (exact) mass is 289 g/mol. The molecule has 0 bridgehead atoms. The Hall–Kier alpha value is -2.23. The molecule has 1 unspecified atom stereocenters. The first-order chi connectivity index (χ1) is 10.1. The number of halogens is 2. The van der Waals surface area contributed by atoms with Crippen molar-refractivity contribution in [3.8, 4) is 0 Å². The van der Waals surface area contributed by atoms with E-state index >= 15 is 0 Å².